The highest BCUT2D eigenvalue weighted by Gasteiger charge is 2.52. The Labute approximate surface area is 132 Å². The number of Topliss-reactive ketones (excluding diaryl/α,β-unsaturated/α-hetero) is 1. The molecule has 106 valence electrons. The molecule has 1 aliphatic carbocycles. The number of halogens is 1. The number of carbonyl (C=O) groups excluding carboxylic acids is 2. The standard InChI is InChI=1S/C16H17IO3/c1-2-20-15(19)16(10-6-9-13(16)11-17)14(18)12-7-4-3-5-8-12/h3-5,7-8,11H,2,6,9-10H2,1H3/b13-11+. The summed E-state index contributed by atoms with van der Waals surface area (Å²) in [6.07, 6.45) is 2.15. The molecule has 0 aromatic heterocycles. The lowest BCUT2D eigenvalue weighted by Gasteiger charge is -2.26. The summed E-state index contributed by atoms with van der Waals surface area (Å²) >= 11 is 2.11. The minimum Gasteiger partial charge on any atom is -0.465 e. The van der Waals surface area contributed by atoms with Gasteiger partial charge in [-0.05, 0) is 35.8 Å². The van der Waals surface area contributed by atoms with Crippen LogP contribution in [0.4, 0.5) is 0 Å². The Balaban J connectivity index is 2.48. The van der Waals surface area contributed by atoms with Crippen LogP contribution in [-0.2, 0) is 9.53 Å². The molecule has 1 aromatic carbocycles. The molecule has 0 amide bonds. The van der Waals surface area contributed by atoms with Gasteiger partial charge in [-0.2, -0.15) is 0 Å². The topological polar surface area (TPSA) is 43.4 Å². The fraction of sp³-hybridized carbons (Fsp3) is 0.375. The molecule has 4 heteroatoms. The Hall–Kier alpha value is -1.17. The third-order valence-electron chi connectivity index (χ3n) is 3.73. The van der Waals surface area contributed by atoms with E-state index in [1.165, 1.54) is 0 Å². The molecule has 1 unspecified atom stereocenters. The van der Waals surface area contributed by atoms with Gasteiger partial charge in [-0.25, -0.2) is 0 Å². The molecule has 0 radical (unpaired) electrons. The molecule has 1 aromatic rings. The predicted molar refractivity (Wildman–Crippen MR) is 85.8 cm³/mol. The first-order valence-corrected chi connectivity index (χ1v) is 7.98. The summed E-state index contributed by atoms with van der Waals surface area (Å²) in [6, 6.07) is 9.00. The van der Waals surface area contributed by atoms with Crippen LogP contribution < -0.4 is 0 Å². The van der Waals surface area contributed by atoms with Crippen LogP contribution in [0, 0.1) is 5.41 Å². The van der Waals surface area contributed by atoms with Crippen molar-refractivity contribution >= 4 is 34.3 Å². The zero-order valence-electron chi connectivity index (χ0n) is 11.4. The molecule has 0 spiro atoms. The summed E-state index contributed by atoms with van der Waals surface area (Å²) in [5.74, 6) is -0.550. The summed E-state index contributed by atoms with van der Waals surface area (Å²) in [4.78, 5) is 25.4. The molecule has 1 fully saturated rings. The van der Waals surface area contributed by atoms with Gasteiger partial charge in [-0.1, -0.05) is 52.9 Å². The van der Waals surface area contributed by atoms with Gasteiger partial charge in [-0.15, -0.1) is 0 Å². The maximum absolute atomic E-state index is 12.9. The number of hydrogen-bond donors (Lipinski definition) is 0. The molecule has 0 heterocycles. The van der Waals surface area contributed by atoms with Crippen molar-refractivity contribution < 1.29 is 14.3 Å². The monoisotopic (exact) mass is 384 g/mol. The highest BCUT2D eigenvalue weighted by atomic mass is 127. The van der Waals surface area contributed by atoms with Crippen LogP contribution in [-0.4, -0.2) is 18.4 Å². The van der Waals surface area contributed by atoms with Gasteiger partial charge >= 0.3 is 5.97 Å². The van der Waals surface area contributed by atoms with E-state index in [9.17, 15) is 9.59 Å². The van der Waals surface area contributed by atoms with Crippen molar-refractivity contribution in [3.8, 4) is 0 Å². The highest BCUT2D eigenvalue weighted by Crippen LogP contribution is 2.47. The number of hydrogen-bond acceptors (Lipinski definition) is 3. The highest BCUT2D eigenvalue weighted by molar-refractivity contribution is 14.1. The maximum atomic E-state index is 12.9. The minimum atomic E-state index is -1.11. The van der Waals surface area contributed by atoms with Gasteiger partial charge in [0.1, 0.15) is 0 Å². The van der Waals surface area contributed by atoms with Crippen molar-refractivity contribution in [3.05, 3.63) is 45.6 Å². The first-order valence-electron chi connectivity index (χ1n) is 6.73. The Morgan fingerprint density at radius 3 is 2.65 bits per heavy atom. The quantitative estimate of drug-likeness (QED) is 0.342. The van der Waals surface area contributed by atoms with E-state index in [-0.39, 0.29) is 12.4 Å². The first-order chi connectivity index (χ1) is 9.66. The molecule has 1 aliphatic rings. The lowest BCUT2D eigenvalue weighted by atomic mass is 9.76. The van der Waals surface area contributed by atoms with Crippen molar-refractivity contribution in [3.63, 3.8) is 0 Å². The van der Waals surface area contributed by atoms with Crippen molar-refractivity contribution in [2.24, 2.45) is 5.41 Å². The third kappa shape index (κ3) is 2.53. The zero-order chi connectivity index (χ0) is 14.6. The largest absolute Gasteiger partial charge is 0.465 e. The lowest BCUT2D eigenvalue weighted by Crippen LogP contribution is -2.40. The van der Waals surface area contributed by atoms with Gasteiger partial charge in [-0.3, -0.25) is 9.59 Å². The van der Waals surface area contributed by atoms with Crippen LogP contribution in [0.2, 0.25) is 0 Å². The molecule has 0 saturated heterocycles. The molecule has 2 rings (SSSR count). The molecule has 20 heavy (non-hydrogen) atoms. The predicted octanol–water partition coefficient (Wildman–Crippen LogP) is 3.92. The summed E-state index contributed by atoms with van der Waals surface area (Å²) in [5, 5.41) is 0. The van der Waals surface area contributed by atoms with E-state index in [2.05, 4.69) is 22.6 Å². The van der Waals surface area contributed by atoms with E-state index in [1.807, 2.05) is 22.3 Å². The van der Waals surface area contributed by atoms with Gasteiger partial charge in [0.15, 0.2) is 11.2 Å². The van der Waals surface area contributed by atoms with Crippen molar-refractivity contribution in [2.45, 2.75) is 26.2 Å². The molecular formula is C16H17IO3. The van der Waals surface area contributed by atoms with Crippen molar-refractivity contribution in [2.75, 3.05) is 6.61 Å². The SMILES string of the molecule is CCOC(=O)C1(C(=O)c2ccccc2)CCC/C1=C\I. The van der Waals surface area contributed by atoms with E-state index in [0.29, 0.717) is 12.0 Å². The van der Waals surface area contributed by atoms with E-state index in [0.717, 1.165) is 18.4 Å². The van der Waals surface area contributed by atoms with Gasteiger partial charge in [0, 0.05) is 5.56 Å². The Kier molecular flexibility index (Phi) is 4.96. The van der Waals surface area contributed by atoms with E-state index in [1.54, 1.807) is 19.1 Å². The smallest absolute Gasteiger partial charge is 0.324 e. The summed E-state index contributed by atoms with van der Waals surface area (Å²) < 4.78 is 7.06. The Morgan fingerprint density at radius 1 is 1.35 bits per heavy atom. The van der Waals surface area contributed by atoms with E-state index < -0.39 is 11.4 Å². The van der Waals surface area contributed by atoms with Crippen LogP contribution in [0.15, 0.2) is 40.0 Å². The second-order valence-corrected chi connectivity index (χ2v) is 5.43. The Bertz CT molecular complexity index is 536. The molecular weight excluding hydrogens is 367 g/mol. The third-order valence-corrected chi connectivity index (χ3v) is 4.48. The van der Waals surface area contributed by atoms with Crippen molar-refractivity contribution in [1.82, 2.24) is 0 Å². The number of benzene rings is 1. The van der Waals surface area contributed by atoms with Gasteiger partial charge in [0.25, 0.3) is 0 Å². The fourth-order valence-corrected chi connectivity index (χ4v) is 3.58. The van der Waals surface area contributed by atoms with Gasteiger partial charge in [0.05, 0.1) is 6.61 Å². The molecule has 3 nitrogen and oxygen atoms in total. The average molecular weight is 384 g/mol. The van der Waals surface area contributed by atoms with Crippen molar-refractivity contribution in [1.29, 1.82) is 0 Å². The summed E-state index contributed by atoms with van der Waals surface area (Å²) in [5.41, 5.74) is 0.335. The first kappa shape index (κ1) is 15.2. The molecule has 1 saturated carbocycles. The van der Waals surface area contributed by atoms with Gasteiger partial charge < -0.3 is 4.74 Å². The van der Waals surface area contributed by atoms with E-state index in [4.69, 9.17) is 4.74 Å². The normalized spacial score (nSPS) is 23.8. The second kappa shape index (κ2) is 6.52. The fourth-order valence-electron chi connectivity index (χ4n) is 2.74. The molecule has 0 N–H and O–H groups in total. The number of ketones is 1. The van der Waals surface area contributed by atoms with Crippen LogP contribution in [0.5, 0.6) is 0 Å². The molecule has 0 aliphatic heterocycles. The second-order valence-electron chi connectivity index (χ2n) is 4.81. The van der Waals surface area contributed by atoms with Crippen LogP contribution in [0.1, 0.15) is 36.5 Å². The van der Waals surface area contributed by atoms with Crippen LogP contribution in [0.25, 0.3) is 0 Å². The number of rotatable bonds is 4. The van der Waals surface area contributed by atoms with E-state index >= 15 is 0 Å². The van der Waals surface area contributed by atoms with Gasteiger partial charge in [0.2, 0.25) is 0 Å². The number of carbonyl (C=O) groups is 2. The summed E-state index contributed by atoms with van der Waals surface area (Å²) in [7, 11) is 0. The zero-order valence-corrected chi connectivity index (χ0v) is 13.6. The summed E-state index contributed by atoms with van der Waals surface area (Å²) in [6.45, 7) is 2.05. The van der Waals surface area contributed by atoms with Crippen LogP contribution >= 0.6 is 22.6 Å². The Morgan fingerprint density at radius 2 is 2.05 bits per heavy atom. The number of ether oxygens (including phenoxy) is 1. The lowest BCUT2D eigenvalue weighted by molar-refractivity contribution is -0.150. The molecule has 0 bridgehead atoms. The number of esters is 1. The van der Waals surface area contributed by atoms with Crippen LogP contribution in [0.3, 0.4) is 0 Å². The molecule has 1 atom stereocenters. The maximum Gasteiger partial charge on any atom is 0.324 e. The minimum absolute atomic E-state index is 0.142. The average Bonchev–Trinajstić information content (AvgIpc) is 2.92.